The van der Waals surface area contributed by atoms with Crippen molar-refractivity contribution in [2.24, 2.45) is 5.92 Å². The van der Waals surface area contributed by atoms with E-state index in [1.54, 1.807) is 16.8 Å². The zero-order chi connectivity index (χ0) is 15.1. The van der Waals surface area contributed by atoms with E-state index in [0.29, 0.717) is 32.0 Å². The summed E-state index contributed by atoms with van der Waals surface area (Å²) in [6, 6.07) is -0.0260. The van der Waals surface area contributed by atoms with Gasteiger partial charge in [-0.15, -0.1) is 11.3 Å². The number of carbonyl (C=O) groups excluding carboxylic acids is 1. The minimum atomic E-state index is -0.739. The lowest BCUT2D eigenvalue weighted by molar-refractivity contribution is -0.137. The number of urea groups is 1. The molecule has 1 aromatic heterocycles. The predicted octanol–water partition coefficient (Wildman–Crippen LogP) is 1.97. The maximum Gasteiger partial charge on any atom is 0.317 e. The van der Waals surface area contributed by atoms with E-state index in [4.69, 9.17) is 5.11 Å². The molecule has 0 bridgehead atoms. The van der Waals surface area contributed by atoms with Crippen molar-refractivity contribution >= 4 is 23.3 Å². The van der Waals surface area contributed by atoms with Crippen LogP contribution in [-0.2, 0) is 11.2 Å². The molecule has 0 spiro atoms. The van der Waals surface area contributed by atoms with Gasteiger partial charge in [0.05, 0.1) is 11.2 Å². The summed E-state index contributed by atoms with van der Waals surface area (Å²) < 4.78 is 0. The molecule has 1 aliphatic rings. The van der Waals surface area contributed by atoms with Gasteiger partial charge in [0.1, 0.15) is 0 Å². The Morgan fingerprint density at radius 2 is 2.19 bits per heavy atom. The van der Waals surface area contributed by atoms with Crippen molar-refractivity contribution < 1.29 is 14.7 Å². The van der Waals surface area contributed by atoms with Crippen molar-refractivity contribution in [1.82, 2.24) is 15.2 Å². The van der Waals surface area contributed by atoms with Crippen molar-refractivity contribution in [2.45, 2.75) is 32.1 Å². The first-order chi connectivity index (χ1) is 10.1. The molecule has 2 N–H and O–H groups in total. The molecule has 2 amide bonds. The summed E-state index contributed by atoms with van der Waals surface area (Å²) in [6.45, 7) is 2.03. The van der Waals surface area contributed by atoms with E-state index in [0.717, 1.165) is 25.0 Å². The van der Waals surface area contributed by atoms with Crippen LogP contribution in [0.5, 0.6) is 0 Å². The summed E-state index contributed by atoms with van der Waals surface area (Å²) in [4.78, 5) is 28.5. The van der Waals surface area contributed by atoms with E-state index >= 15 is 0 Å². The number of carboxylic acid groups (broad SMARTS) is 1. The first-order valence-electron chi connectivity index (χ1n) is 7.27. The Morgan fingerprint density at radius 3 is 2.81 bits per heavy atom. The second kappa shape index (κ2) is 7.97. The monoisotopic (exact) mass is 311 g/mol. The molecule has 0 aliphatic carbocycles. The molecule has 0 unspecified atom stereocenters. The maximum absolute atomic E-state index is 12.0. The Kier molecular flexibility index (Phi) is 5.98. The number of hydrogen-bond donors (Lipinski definition) is 2. The number of rotatable bonds is 6. The number of amides is 2. The quantitative estimate of drug-likeness (QED) is 0.841. The molecule has 0 aromatic carbocycles. The van der Waals surface area contributed by atoms with Crippen LogP contribution in [0.4, 0.5) is 4.79 Å². The van der Waals surface area contributed by atoms with Gasteiger partial charge in [0, 0.05) is 37.9 Å². The minimum Gasteiger partial charge on any atom is -0.481 e. The Morgan fingerprint density at radius 1 is 1.43 bits per heavy atom. The molecule has 6 nitrogen and oxygen atoms in total. The second-order valence-corrected chi connectivity index (χ2v) is 6.04. The zero-order valence-electron chi connectivity index (χ0n) is 12.0. The van der Waals surface area contributed by atoms with Crippen LogP contribution >= 0.6 is 11.3 Å². The van der Waals surface area contributed by atoms with Crippen molar-refractivity contribution in [2.75, 3.05) is 19.6 Å². The van der Waals surface area contributed by atoms with Crippen LogP contribution in [0.2, 0.25) is 0 Å². The summed E-state index contributed by atoms with van der Waals surface area (Å²) >= 11 is 1.56. The second-order valence-electron chi connectivity index (χ2n) is 5.32. The molecular weight excluding hydrogens is 290 g/mol. The molecule has 0 atom stereocenters. The number of nitrogens with one attached hydrogen (secondary N) is 1. The van der Waals surface area contributed by atoms with Crippen molar-refractivity contribution in [3.8, 4) is 0 Å². The fourth-order valence-corrected chi connectivity index (χ4v) is 3.12. The summed E-state index contributed by atoms with van der Waals surface area (Å²) in [5.41, 5.74) is 2.80. The van der Waals surface area contributed by atoms with Gasteiger partial charge < -0.3 is 15.3 Å². The first-order valence-corrected chi connectivity index (χ1v) is 8.21. The number of nitrogens with zero attached hydrogens (tertiary/aromatic N) is 2. The Bertz CT molecular complexity index is 456. The smallest absolute Gasteiger partial charge is 0.317 e. The molecule has 2 heterocycles. The van der Waals surface area contributed by atoms with E-state index in [9.17, 15) is 9.59 Å². The van der Waals surface area contributed by atoms with Crippen molar-refractivity contribution in [1.29, 1.82) is 0 Å². The normalized spacial score (nSPS) is 15.9. The highest BCUT2D eigenvalue weighted by Crippen LogP contribution is 2.21. The standard InChI is InChI=1S/C14H21N3O3S/c18-13(19)2-1-11-4-7-17(8-5-11)14(20)15-6-3-12-9-21-10-16-12/h9-11H,1-8H2,(H,15,20)(H,18,19). The number of aliphatic carboxylic acids is 1. The Balaban J connectivity index is 1.62. The van der Waals surface area contributed by atoms with Crippen LogP contribution in [0, 0.1) is 5.92 Å². The van der Waals surface area contributed by atoms with Gasteiger partial charge in [-0.2, -0.15) is 0 Å². The van der Waals surface area contributed by atoms with Crippen LogP contribution in [0.25, 0.3) is 0 Å². The zero-order valence-corrected chi connectivity index (χ0v) is 12.8. The number of carboxylic acids is 1. The largest absolute Gasteiger partial charge is 0.481 e. The van der Waals surface area contributed by atoms with Gasteiger partial charge in [-0.25, -0.2) is 9.78 Å². The van der Waals surface area contributed by atoms with Gasteiger partial charge in [-0.05, 0) is 25.2 Å². The van der Waals surface area contributed by atoms with Crippen LogP contribution in [-0.4, -0.2) is 46.6 Å². The molecule has 2 rings (SSSR count). The fraction of sp³-hybridized carbons (Fsp3) is 0.643. The Hall–Kier alpha value is -1.63. The van der Waals surface area contributed by atoms with E-state index in [2.05, 4.69) is 10.3 Å². The lowest BCUT2D eigenvalue weighted by Crippen LogP contribution is -2.45. The highest BCUT2D eigenvalue weighted by atomic mass is 32.1. The average Bonchev–Trinajstić information content (AvgIpc) is 2.99. The molecule has 1 aromatic rings. The average molecular weight is 311 g/mol. The predicted molar refractivity (Wildman–Crippen MR) is 80.4 cm³/mol. The van der Waals surface area contributed by atoms with E-state index in [-0.39, 0.29) is 12.5 Å². The number of likely N-dealkylation sites (tertiary alicyclic amines) is 1. The Labute approximate surface area is 128 Å². The van der Waals surface area contributed by atoms with E-state index in [1.807, 2.05) is 10.3 Å². The van der Waals surface area contributed by atoms with Gasteiger partial charge in [0.15, 0.2) is 0 Å². The molecule has 116 valence electrons. The van der Waals surface area contributed by atoms with Crippen LogP contribution < -0.4 is 5.32 Å². The third-order valence-electron chi connectivity index (χ3n) is 3.81. The SMILES string of the molecule is O=C(O)CCC1CCN(C(=O)NCCc2cscn2)CC1. The molecular formula is C14H21N3O3S. The highest BCUT2D eigenvalue weighted by molar-refractivity contribution is 7.07. The van der Waals surface area contributed by atoms with Gasteiger partial charge in [-0.1, -0.05) is 0 Å². The van der Waals surface area contributed by atoms with E-state index in [1.165, 1.54) is 0 Å². The number of hydrogen-bond acceptors (Lipinski definition) is 4. The lowest BCUT2D eigenvalue weighted by Gasteiger charge is -2.31. The van der Waals surface area contributed by atoms with Crippen molar-refractivity contribution in [3.63, 3.8) is 0 Å². The summed E-state index contributed by atoms with van der Waals surface area (Å²) in [5, 5.41) is 13.6. The summed E-state index contributed by atoms with van der Waals surface area (Å²) in [7, 11) is 0. The maximum atomic E-state index is 12.0. The third kappa shape index (κ3) is 5.34. The lowest BCUT2D eigenvalue weighted by atomic mass is 9.92. The molecule has 1 saturated heterocycles. The number of carbonyl (C=O) groups is 2. The molecule has 7 heteroatoms. The number of thiazole rings is 1. The van der Waals surface area contributed by atoms with Gasteiger partial charge in [0.2, 0.25) is 0 Å². The summed E-state index contributed by atoms with van der Waals surface area (Å²) in [5.74, 6) is -0.308. The number of aromatic nitrogens is 1. The van der Waals surface area contributed by atoms with E-state index < -0.39 is 5.97 Å². The summed E-state index contributed by atoms with van der Waals surface area (Å²) in [6.07, 6.45) is 3.49. The minimum absolute atomic E-state index is 0.0260. The van der Waals surface area contributed by atoms with Crippen LogP contribution in [0.3, 0.4) is 0 Å². The van der Waals surface area contributed by atoms with Gasteiger partial charge in [-0.3, -0.25) is 4.79 Å². The molecule has 1 aliphatic heterocycles. The molecule has 0 radical (unpaired) electrons. The molecule has 1 fully saturated rings. The fourth-order valence-electron chi connectivity index (χ4n) is 2.52. The van der Waals surface area contributed by atoms with Crippen LogP contribution in [0.15, 0.2) is 10.9 Å². The van der Waals surface area contributed by atoms with Crippen molar-refractivity contribution in [3.05, 3.63) is 16.6 Å². The third-order valence-corrected chi connectivity index (χ3v) is 4.44. The molecule has 0 saturated carbocycles. The number of piperidine rings is 1. The van der Waals surface area contributed by atoms with Crippen LogP contribution in [0.1, 0.15) is 31.4 Å². The van der Waals surface area contributed by atoms with Gasteiger partial charge >= 0.3 is 12.0 Å². The highest BCUT2D eigenvalue weighted by Gasteiger charge is 2.22. The molecule has 21 heavy (non-hydrogen) atoms. The first kappa shape index (κ1) is 15.8. The topological polar surface area (TPSA) is 82.5 Å². The van der Waals surface area contributed by atoms with Gasteiger partial charge in [0.25, 0.3) is 0 Å².